The number of pyridine rings is 1. The highest BCUT2D eigenvalue weighted by atomic mass is 16.5. The molecule has 0 aliphatic carbocycles. The van der Waals surface area contributed by atoms with E-state index in [0.717, 1.165) is 12.0 Å². The Bertz CT molecular complexity index is 597. The van der Waals surface area contributed by atoms with Gasteiger partial charge in [0.1, 0.15) is 11.4 Å². The maximum absolute atomic E-state index is 11.6. The average Bonchev–Trinajstić information content (AvgIpc) is 2.54. The molecule has 5 nitrogen and oxygen atoms in total. The molecule has 0 aliphatic rings. The molecule has 0 saturated carbocycles. The molecule has 0 unspecified atom stereocenters. The van der Waals surface area contributed by atoms with Gasteiger partial charge in [-0.15, -0.1) is 0 Å². The van der Waals surface area contributed by atoms with Gasteiger partial charge in [-0.25, -0.2) is 9.78 Å². The molecular weight excluding hydrogens is 266 g/mol. The molecule has 3 N–H and O–H groups in total. The summed E-state index contributed by atoms with van der Waals surface area (Å²) in [4.78, 5) is 15.8. The maximum atomic E-state index is 11.6. The molecule has 0 aliphatic heterocycles. The summed E-state index contributed by atoms with van der Waals surface area (Å²) in [5.74, 6) is 0.124. The van der Waals surface area contributed by atoms with Crippen molar-refractivity contribution >= 4 is 11.8 Å². The summed E-state index contributed by atoms with van der Waals surface area (Å²) in [6.07, 6.45) is 2.51. The van der Waals surface area contributed by atoms with Crippen molar-refractivity contribution in [2.24, 2.45) is 5.73 Å². The van der Waals surface area contributed by atoms with Crippen LogP contribution in [0.15, 0.2) is 42.6 Å². The number of carbonyl (C=O) groups is 1. The molecular formula is C16H19N3O2. The van der Waals surface area contributed by atoms with Crippen LogP contribution in [0.3, 0.4) is 0 Å². The van der Waals surface area contributed by atoms with Gasteiger partial charge in [0.25, 0.3) is 0 Å². The van der Waals surface area contributed by atoms with E-state index in [4.69, 9.17) is 10.5 Å². The molecule has 0 atom stereocenters. The van der Waals surface area contributed by atoms with Crippen molar-refractivity contribution in [2.45, 2.75) is 13.0 Å². The molecule has 0 saturated heterocycles. The second-order valence-corrected chi connectivity index (χ2v) is 4.60. The van der Waals surface area contributed by atoms with Crippen LogP contribution in [0.1, 0.15) is 21.5 Å². The molecule has 110 valence electrons. The van der Waals surface area contributed by atoms with Gasteiger partial charge in [0.05, 0.1) is 7.11 Å². The molecule has 2 aromatic rings. The zero-order valence-electron chi connectivity index (χ0n) is 12.0. The molecule has 0 bridgehead atoms. The van der Waals surface area contributed by atoms with Crippen molar-refractivity contribution in [3.63, 3.8) is 0 Å². The van der Waals surface area contributed by atoms with Gasteiger partial charge >= 0.3 is 5.97 Å². The number of hydrogen-bond donors (Lipinski definition) is 2. The third-order valence-electron chi connectivity index (χ3n) is 3.13. The van der Waals surface area contributed by atoms with E-state index in [0.29, 0.717) is 24.5 Å². The van der Waals surface area contributed by atoms with Gasteiger partial charge in [0.15, 0.2) is 0 Å². The Morgan fingerprint density at radius 3 is 2.62 bits per heavy atom. The van der Waals surface area contributed by atoms with Crippen LogP contribution in [-0.4, -0.2) is 24.6 Å². The Hall–Kier alpha value is -2.40. The average molecular weight is 285 g/mol. The van der Waals surface area contributed by atoms with Crippen LogP contribution < -0.4 is 11.1 Å². The monoisotopic (exact) mass is 285 g/mol. The van der Waals surface area contributed by atoms with Gasteiger partial charge in [-0.2, -0.15) is 0 Å². The number of hydrogen-bond acceptors (Lipinski definition) is 5. The molecule has 1 aromatic carbocycles. The molecule has 1 heterocycles. The highest BCUT2D eigenvalue weighted by molar-refractivity contribution is 5.94. The molecule has 5 heteroatoms. The molecule has 1 aromatic heterocycles. The molecule has 0 fully saturated rings. The number of esters is 1. The number of benzene rings is 1. The lowest BCUT2D eigenvalue weighted by Crippen LogP contribution is -2.09. The minimum Gasteiger partial charge on any atom is -0.465 e. The normalized spacial score (nSPS) is 10.2. The topological polar surface area (TPSA) is 77.2 Å². The van der Waals surface area contributed by atoms with Crippen LogP contribution in [0.4, 0.5) is 5.82 Å². The highest BCUT2D eigenvalue weighted by Crippen LogP contribution is 2.14. The fourth-order valence-corrected chi connectivity index (χ4v) is 2.00. The Labute approximate surface area is 124 Å². The van der Waals surface area contributed by atoms with Crippen LogP contribution in [0.2, 0.25) is 0 Å². The van der Waals surface area contributed by atoms with Crippen molar-refractivity contribution < 1.29 is 9.53 Å². The fourth-order valence-electron chi connectivity index (χ4n) is 2.00. The molecule has 0 radical (unpaired) electrons. The standard InChI is InChI=1S/C16H19N3O2/c1-21-16(20)14-3-2-10-18-15(14)19-11-13-6-4-12(5-7-13)8-9-17/h2-7,10H,8-9,11,17H2,1H3,(H,18,19). The number of anilines is 1. The van der Waals surface area contributed by atoms with Crippen molar-refractivity contribution in [3.05, 3.63) is 59.3 Å². The molecule has 21 heavy (non-hydrogen) atoms. The summed E-state index contributed by atoms with van der Waals surface area (Å²) < 4.78 is 4.74. The van der Waals surface area contributed by atoms with E-state index in [1.165, 1.54) is 12.7 Å². The zero-order chi connectivity index (χ0) is 15.1. The predicted molar refractivity (Wildman–Crippen MR) is 82.1 cm³/mol. The predicted octanol–water partition coefficient (Wildman–Crippen LogP) is 1.98. The Kier molecular flexibility index (Phi) is 5.29. The largest absolute Gasteiger partial charge is 0.465 e. The van der Waals surface area contributed by atoms with Gasteiger partial charge in [0.2, 0.25) is 0 Å². The number of nitrogens with two attached hydrogens (primary N) is 1. The van der Waals surface area contributed by atoms with E-state index in [-0.39, 0.29) is 0 Å². The van der Waals surface area contributed by atoms with Gasteiger partial charge < -0.3 is 15.8 Å². The van der Waals surface area contributed by atoms with Crippen LogP contribution in [0, 0.1) is 0 Å². The Balaban J connectivity index is 2.04. The summed E-state index contributed by atoms with van der Waals surface area (Å²) in [7, 11) is 1.36. The number of nitrogens with one attached hydrogen (secondary N) is 1. The van der Waals surface area contributed by atoms with Crippen LogP contribution >= 0.6 is 0 Å². The fraction of sp³-hybridized carbons (Fsp3) is 0.250. The molecule has 2 rings (SSSR count). The van der Waals surface area contributed by atoms with Crippen molar-refractivity contribution in [2.75, 3.05) is 19.0 Å². The van der Waals surface area contributed by atoms with Crippen LogP contribution in [0.25, 0.3) is 0 Å². The van der Waals surface area contributed by atoms with E-state index in [2.05, 4.69) is 22.4 Å². The summed E-state index contributed by atoms with van der Waals surface area (Å²) in [6, 6.07) is 11.6. The van der Waals surface area contributed by atoms with E-state index in [1.807, 2.05) is 12.1 Å². The zero-order valence-corrected chi connectivity index (χ0v) is 12.0. The van der Waals surface area contributed by atoms with Crippen molar-refractivity contribution in [3.8, 4) is 0 Å². The smallest absolute Gasteiger partial charge is 0.341 e. The minimum atomic E-state index is -0.399. The molecule has 0 amide bonds. The van der Waals surface area contributed by atoms with Gasteiger partial charge in [-0.1, -0.05) is 24.3 Å². The number of aromatic nitrogens is 1. The maximum Gasteiger partial charge on any atom is 0.341 e. The van der Waals surface area contributed by atoms with Crippen LogP contribution in [0.5, 0.6) is 0 Å². The first-order valence-electron chi connectivity index (χ1n) is 6.79. The number of rotatable bonds is 6. The minimum absolute atomic E-state index is 0.399. The van der Waals surface area contributed by atoms with Crippen molar-refractivity contribution in [1.82, 2.24) is 4.98 Å². The van der Waals surface area contributed by atoms with Crippen LogP contribution in [-0.2, 0) is 17.7 Å². The second-order valence-electron chi connectivity index (χ2n) is 4.60. The summed E-state index contributed by atoms with van der Waals surface area (Å²) in [5.41, 5.74) is 8.28. The van der Waals surface area contributed by atoms with E-state index < -0.39 is 5.97 Å². The first kappa shape index (κ1) is 15.0. The molecule has 0 spiro atoms. The lowest BCUT2D eigenvalue weighted by molar-refractivity contribution is 0.0601. The lowest BCUT2D eigenvalue weighted by Gasteiger charge is -2.10. The highest BCUT2D eigenvalue weighted by Gasteiger charge is 2.11. The number of carbonyl (C=O) groups excluding carboxylic acids is 1. The lowest BCUT2D eigenvalue weighted by atomic mass is 10.1. The summed E-state index contributed by atoms with van der Waals surface area (Å²) >= 11 is 0. The van der Waals surface area contributed by atoms with Gasteiger partial charge in [-0.05, 0) is 36.2 Å². The first-order valence-corrected chi connectivity index (χ1v) is 6.79. The number of ether oxygens (including phenoxy) is 1. The SMILES string of the molecule is COC(=O)c1cccnc1NCc1ccc(CCN)cc1. The van der Waals surface area contributed by atoms with Gasteiger partial charge in [-0.3, -0.25) is 0 Å². The first-order chi connectivity index (χ1) is 10.2. The van der Waals surface area contributed by atoms with E-state index >= 15 is 0 Å². The third kappa shape index (κ3) is 4.03. The van der Waals surface area contributed by atoms with E-state index in [9.17, 15) is 4.79 Å². The Morgan fingerprint density at radius 1 is 1.24 bits per heavy atom. The van der Waals surface area contributed by atoms with E-state index in [1.54, 1.807) is 18.3 Å². The number of methoxy groups -OCH3 is 1. The quantitative estimate of drug-likeness (QED) is 0.794. The summed E-state index contributed by atoms with van der Waals surface area (Å²) in [6.45, 7) is 1.23. The van der Waals surface area contributed by atoms with Crippen molar-refractivity contribution in [1.29, 1.82) is 0 Å². The number of nitrogens with zero attached hydrogens (tertiary/aromatic N) is 1. The Morgan fingerprint density at radius 2 is 1.95 bits per heavy atom. The second kappa shape index (κ2) is 7.40. The van der Waals surface area contributed by atoms with Gasteiger partial charge in [0, 0.05) is 12.7 Å². The third-order valence-corrected chi connectivity index (χ3v) is 3.13. The summed E-state index contributed by atoms with van der Waals surface area (Å²) in [5, 5.41) is 3.16.